The first-order valence-corrected chi connectivity index (χ1v) is 5.81. The lowest BCUT2D eigenvalue weighted by molar-refractivity contribution is 0.951. The molecular formula is C9H15N3S. The second-order valence-corrected chi connectivity index (χ2v) is 3.58. The fourth-order valence-electron chi connectivity index (χ4n) is 0.949. The normalized spacial score (nSPS) is 10.0. The van der Waals surface area contributed by atoms with Crippen LogP contribution in [0.25, 0.3) is 0 Å². The standard InChI is InChI=1S/C9H15N3S/c1-3-5-10-8-4-6-11-9(12-8)7-13-2/h4,6H,3,5,7H2,1-2H3,(H,10,11,12). The van der Waals surface area contributed by atoms with Gasteiger partial charge in [-0.15, -0.1) is 0 Å². The van der Waals surface area contributed by atoms with Crippen molar-refractivity contribution in [2.45, 2.75) is 19.1 Å². The van der Waals surface area contributed by atoms with Gasteiger partial charge in [0, 0.05) is 12.7 Å². The van der Waals surface area contributed by atoms with Gasteiger partial charge in [0.15, 0.2) is 0 Å². The van der Waals surface area contributed by atoms with E-state index in [0.29, 0.717) is 0 Å². The number of rotatable bonds is 5. The summed E-state index contributed by atoms with van der Waals surface area (Å²) in [4.78, 5) is 8.52. The Morgan fingerprint density at radius 1 is 1.54 bits per heavy atom. The Labute approximate surface area is 83.4 Å². The molecular weight excluding hydrogens is 182 g/mol. The van der Waals surface area contributed by atoms with Gasteiger partial charge in [-0.25, -0.2) is 9.97 Å². The molecule has 0 aliphatic carbocycles. The smallest absolute Gasteiger partial charge is 0.140 e. The molecule has 72 valence electrons. The molecule has 0 radical (unpaired) electrons. The van der Waals surface area contributed by atoms with E-state index in [0.717, 1.165) is 30.4 Å². The van der Waals surface area contributed by atoms with Gasteiger partial charge < -0.3 is 5.32 Å². The molecule has 1 N–H and O–H groups in total. The summed E-state index contributed by atoms with van der Waals surface area (Å²) in [5, 5.41) is 3.23. The minimum atomic E-state index is 0.877. The topological polar surface area (TPSA) is 37.8 Å². The maximum absolute atomic E-state index is 4.36. The molecule has 1 rings (SSSR count). The summed E-state index contributed by atoms with van der Waals surface area (Å²) in [7, 11) is 0. The summed E-state index contributed by atoms with van der Waals surface area (Å²) in [5.74, 6) is 2.70. The lowest BCUT2D eigenvalue weighted by Gasteiger charge is -2.04. The van der Waals surface area contributed by atoms with Crippen LogP contribution in [0.15, 0.2) is 12.3 Å². The zero-order valence-electron chi connectivity index (χ0n) is 8.08. The summed E-state index contributed by atoms with van der Waals surface area (Å²) < 4.78 is 0. The first kappa shape index (κ1) is 10.3. The third-order valence-electron chi connectivity index (χ3n) is 1.54. The van der Waals surface area contributed by atoms with Crippen LogP contribution in [0.3, 0.4) is 0 Å². The molecule has 3 nitrogen and oxygen atoms in total. The summed E-state index contributed by atoms with van der Waals surface area (Å²) in [6.07, 6.45) is 4.97. The predicted molar refractivity (Wildman–Crippen MR) is 58.0 cm³/mol. The highest BCUT2D eigenvalue weighted by molar-refractivity contribution is 7.97. The van der Waals surface area contributed by atoms with Crippen molar-refractivity contribution >= 4 is 17.6 Å². The van der Waals surface area contributed by atoms with Gasteiger partial charge >= 0.3 is 0 Å². The molecule has 0 atom stereocenters. The first-order chi connectivity index (χ1) is 6.36. The van der Waals surface area contributed by atoms with Gasteiger partial charge in [0.25, 0.3) is 0 Å². The van der Waals surface area contributed by atoms with Gasteiger partial charge in [0.05, 0.1) is 5.75 Å². The van der Waals surface area contributed by atoms with E-state index in [-0.39, 0.29) is 0 Å². The Morgan fingerprint density at radius 3 is 3.08 bits per heavy atom. The van der Waals surface area contributed by atoms with Crippen LogP contribution in [0.2, 0.25) is 0 Å². The number of hydrogen-bond acceptors (Lipinski definition) is 4. The minimum Gasteiger partial charge on any atom is -0.370 e. The average molecular weight is 197 g/mol. The molecule has 0 bridgehead atoms. The van der Waals surface area contributed by atoms with E-state index in [2.05, 4.69) is 28.5 Å². The number of nitrogens with zero attached hydrogens (tertiary/aromatic N) is 2. The maximum Gasteiger partial charge on any atom is 0.140 e. The molecule has 0 saturated heterocycles. The molecule has 0 unspecified atom stereocenters. The lowest BCUT2D eigenvalue weighted by Crippen LogP contribution is -2.03. The number of hydrogen-bond donors (Lipinski definition) is 1. The molecule has 0 amide bonds. The predicted octanol–water partition coefficient (Wildman–Crippen LogP) is 2.16. The van der Waals surface area contributed by atoms with E-state index < -0.39 is 0 Å². The minimum absolute atomic E-state index is 0.877. The molecule has 0 aromatic carbocycles. The number of thioether (sulfide) groups is 1. The molecule has 1 aromatic heterocycles. The lowest BCUT2D eigenvalue weighted by atomic mass is 10.4. The van der Waals surface area contributed by atoms with Crippen LogP contribution >= 0.6 is 11.8 Å². The summed E-state index contributed by atoms with van der Waals surface area (Å²) >= 11 is 1.73. The largest absolute Gasteiger partial charge is 0.370 e. The van der Waals surface area contributed by atoms with Gasteiger partial charge in [0.2, 0.25) is 0 Å². The van der Waals surface area contributed by atoms with Crippen LogP contribution in [0.1, 0.15) is 19.2 Å². The third-order valence-corrected chi connectivity index (χ3v) is 2.08. The summed E-state index contributed by atoms with van der Waals surface area (Å²) in [5.41, 5.74) is 0. The average Bonchev–Trinajstić information content (AvgIpc) is 2.16. The van der Waals surface area contributed by atoms with E-state index >= 15 is 0 Å². The van der Waals surface area contributed by atoms with Crippen LogP contribution in [-0.4, -0.2) is 22.8 Å². The van der Waals surface area contributed by atoms with Crippen LogP contribution < -0.4 is 5.32 Å². The van der Waals surface area contributed by atoms with E-state index in [4.69, 9.17) is 0 Å². The van der Waals surface area contributed by atoms with Crippen molar-refractivity contribution in [3.63, 3.8) is 0 Å². The van der Waals surface area contributed by atoms with Crippen LogP contribution in [0.4, 0.5) is 5.82 Å². The fraction of sp³-hybridized carbons (Fsp3) is 0.556. The molecule has 13 heavy (non-hydrogen) atoms. The Bertz CT molecular complexity index is 252. The van der Waals surface area contributed by atoms with Gasteiger partial charge in [0.1, 0.15) is 11.6 Å². The zero-order valence-corrected chi connectivity index (χ0v) is 8.90. The molecule has 1 aromatic rings. The summed E-state index contributed by atoms with van der Waals surface area (Å²) in [6.45, 7) is 3.10. The second kappa shape index (κ2) is 5.80. The molecule has 0 fully saturated rings. The van der Waals surface area contributed by atoms with Crippen LogP contribution in [0.5, 0.6) is 0 Å². The van der Waals surface area contributed by atoms with Gasteiger partial charge in [-0.1, -0.05) is 6.92 Å². The van der Waals surface area contributed by atoms with E-state index in [1.807, 2.05) is 6.07 Å². The number of anilines is 1. The number of nitrogens with one attached hydrogen (secondary N) is 1. The SMILES string of the molecule is CCCNc1ccnc(CSC)n1. The fourth-order valence-corrected chi connectivity index (χ4v) is 1.35. The van der Waals surface area contributed by atoms with Gasteiger partial charge in [-0.2, -0.15) is 11.8 Å². The highest BCUT2D eigenvalue weighted by atomic mass is 32.2. The first-order valence-electron chi connectivity index (χ1n) is 4.41. The Morgan fingerprint density at radius 2 is 2.38 bits per heavy atom. The van der Waals surface area contributed by atoms with Gasteiger partial charge in [-0.3, -0.25) is 0 Å². The quantitative estimate of drug-likeness (QED) is 0.785. The van der Waals surface area contributed by atoms with Crippen LogP contribution in [0, 0.1) is 0 Å². The second-order valence-electron chi connectivity index (χ2n) is 2.72. The monoisotopic (exact) mass is 197 g/mol. The highest BCUT2D eigenvalue weighted by Crippen LogP contribution is 2.06. The molecule has 4 heteroatoms. The van der Waals surface area contributed by atoms with E-state index in [1.54, 1.807) is 18.0 Å². The molecule has 0 spiro atoms. The highest BCUT2D eigenvalue weighted by Gasteiger charge is 1.96. The molecule has 0 aliphatic rings. The van der Waals surface area contributed by atoms with Crippen molar-refractivity contribution in [2.24, 2.45) is 0 Å². The Hall–Kier alpha value is -0.770. The molecule has 0 aliphatic heterocycles. The van der Waals surface area contributed by atoms with E-state index in [9.17, 15) is 0 Å². The number of aromatic nitrogens is 2. The van der Waals surface area contributed by atoms with Crippen molar-refractivity contribution in [1.29, 1.82) is 0 Å². The van der Waals surface area contributed by atoms with Crippen molar-refractivity contribution in [2.75, 3.05) is 18.1 Å². The van der Waals surface area contributed by atoms with Crippen molar-refractivity contribution < 1.29 is 0 Å². The molecule has 1 heterocycles. The van der Waals surface area contributed by atoms with Crippen molar-refractivity contribution in [1.82, 2.24) is 9.97 Å². The molecule has 0 saturated carbocycles. The van der Waals surface area contributed by atoms with Crippen LogP contribution in [-0.2, 0) is 5.75 Å². The third kappa shape index (κ3) is 3.63. The Kier molecular flexibility index (Phi) is 4.60. The van der Waals surface area contributed by atoms with Crippen molar-refractivity contribution in [3.8, 4) is 0 Å². The van der Waals surface area contributed by atoms with E-state index in [1.165, 1.54) is 0 Å². The summed E-state index contributed by atoms with van der Waals surface area (Å²) in [6, 6.07) is 1.90. The zero-order chi connectivity index (χ0) is 9.52. The Balaban J connectivity index is 2.56. The van der Waals surface area contributed by atoms with Crippen molar-refractivity contribution in [3.05, 3.63) is 18.1 Å². The van der Waals surface area contributed by atoms with Gasteiger partial charge in [-0.05, 0) is 18.7 Å². The maximum atomic E-state index is 4.36.